The number of anilines is 1. The number of carbonyl (C=O) groups excluding carboxylic acids is 1. The molecule has 8 heteroatoms. The van der Waals surface area contributed by atoms with Gasteiger partial charge in [0, 0.05) is 11.6 Å². The number of nitrogens with zero attached hydrogens (tertiary/aromatic N) is 1. The topological polar surface area (TPSA) is 63.7 Å². The van der Waals surface area contributed by atoms with E-state index in [-0.39, 0.29) is 26.7 Å². The molecule has 1 aliphatic carbocycles. The van der Waals surface area contributed by atoms with Crippen LogP contribution >= 0.6 is 23.2 Å². The molecule has 0 fully saturated rings. The summed E-state index contributed by atoms with van der Waals surface area (Å²) in [6.07, 6.45) is 3.24. The summed E-state index contributed by atoms with van der Waals surface area (Å²) in [6.45, 7) is 3.68. The van der Waals surface area contributed by atoms with E-state index in [0.29, 0.717) is 24.2 Å². The molecule has 0 saturated carbocycles. The lowest BCUT2D eigenvalue weighted by Gasteiger charge is -2.20. The van der Waals surface area contributed by atoms with E-state index in [0.717, 1.165) is 23.6 Å². The number of benzene rings is 1. The van der Waals surface area contributed by atoms with Crippen molar-refractivity contribution in [2.45, 2.75) is 52.1 Å². The van der Waals surface area contributed by atoms with Gasteiger partial charge in [0.2, 0.25) is 0 Å². The molecular weight excluding hydrogens is 385 g/mol. The summed E-state index contributed by atoms with van der Waals surface area (Å²) in [5, 5.41) is 0.313. The maximum atomic E-state index is 12.9. The molecule has 0 N–H and O–H groups in total. The first-order valence-electron chi connectivity index (χ1n) is 8.21. The Hall–Kier alpha value is -1.24. The Morgan fingerprint density at radius 3 is 2.44 bits per heavy atom. The maximum absolute atomic E-state index is 12.9. The van der Waals surface area contributed by atoms with Crippen LogP contribution in [0.15, 0.2) is 22.6 Å². The third kappa shape index (κ3) is 3.27. The molecule has 0 saturated heterocycles. The minimum atomic E-state index is -3.91. The van der Waals surface area contributed by atoms with Crippen LogP contribution in [0.25, 0.3) is 0 Å². The second-order valence-electron chi connectivity index (χ2n) is 6.44. The molecule has 5 nitrogen and oxygen atoms in total. The number of hydrogen-bond donors (Lipinski definition) is 0. The SMILES string of the molecule is CC(C)Oc1cc(Cl)c(N2C(=O)C3=C(CCCCC3)S2(=O)=O)cc1Cl. The maximum Gasteiger partial charge on any atom is 0.269 e. The Balaban J connectivity index is 2.06. The van der Waals surface area contributed by atoms with Crippen LogP contribution in [0.3, 0.4) is 0 Å². The van der Waals surface area contributed by atoms with Crippen LogP contribution < -0.4 is 9.04 Å². The lowest BCUT2D eigenvalue weighted by Crippen LogP contribution is -2.32. The predicted octanol–water partition coefficient (Wildman–Crippen LogP) is 4.68. The Kier molecular flexibility index (Phi) is 5.06. The summed E-state index contributed by atoms with van der Waals surface area (Å²) in [5.74, 6) is -0.170. The number of rotatable bonds is 3. The van der Waals surface area contributed by atoms with E-state index in [1.54, 1.807) is 0 Å². The van der Waals surface area contributed by atoms with Gasteiger partial charge in [-0.05, 0) is 45.6 Å². The molecule has 2 aliphatic rings. The molecule has 1 aromatic rings. The molecule has 136 valence electrons. The first-order chi connectivity index (χ1) is 11.7. The fraction of sp³-hybridized carbons (Fsp3) is 0.471. The molecule has 0 spiro atoms. The zero-order valence-corrected chi connectivity index (χ0v) is 16.3. The van der Waals surface area contributed by atoms with E-state index in [4.69, 9.17) is 27.9 Å². The summed E-state index contributed by atoms with van der Waals surface area (Å²) in [6, 6.07) is 2.83. The van der Waals surface area contributed by atoms with Crippen molar-refractivity contribution >= 4 is 44.8 Å². The molecule has 3 rings (SSSR count). The normalized spacial score (nSPS) is 20.0. The summed E-state index contributed by atoms with van der Waals surface area (Å²) >= 11 is 12.5. The first kappa shape index (κ1) is 18.5. The van der Waals surface area contributed by atoms with Crippen molar-refractivity contribution in [1.82, 2.24) is 0 Å². The van der Waals surface area contributed by atoms with Gasteiger partial charge < -0.3 is 4.74 Å². The highest BCUT2D eigenvalue weighted by Gasteiger charge is 2.45. The Labute approximate surface area is 157 Å². The average molecular weight is 404 g/mol. The van der Waals surface area contributed by atoms with Gasteiger partial charge >= 0.3 is 0 Å². The molecule has 0 aromatic heterocycles. The monoisotopic (exact) mass is 403 g/mol. The highest BCUT2D eigenvalue weighted by atomic mass is 35.5. The van der Waals surface area contributed by atoms with Gasteiger partial charge in [-0.2, -0.15) is 4.31 Å². The van der Waals surface area contributed by atoms with E-state index in [1.165, 1.54) is 12.1 Å². The zero-order chi connectivity index (χ0) is 18.4. The molecule has 25 heavy (non-hydrogen) atoms. The van der Waals surface area contributed by atoms with Crippen molar-refractivity contribution in [3.63, 3.8) is 0 Å². The third-order valence-electron chi connectivity index (χ3n) is 4.24. The van der Waals surface area contributed by atoms with E-state index in [1.807, 2.05) is 13.8 Å². The minimum Gasteiger partial charge on any atom is -0.489 e. The Morgan fingerprint density at radius 1 is 1.08 bits per heavy atom. The highest BCUT2D eigenvalue weighted by molar-refractivity contribution is 7.98. The van der Waals surface area contributed by atoms with Gasteiger partial charge in [-0.25, -0.2) is 8.42 Å². The minimum absolute atomic E-state index is 0.0702. The van der Waals surface area contributed by atoms with Gasteiger partial charge in [0.05, 0.1) is 26.7 Å². The van der Waals surface area contributed by atoms with Crippen LogP contribution in [0.1, 0.15) is 46.0 Å². The Morgan fingerprint density at radius 2 is 1.76 bits per heavy atom. The number of hydrogen-bond acceptors (Lipinski definition) is 4. The number of amides is 1. The fourth-order valence-electron chi connectivity index (χ4n) is 3.16. The van der Waals surface area contributed by atoms with Gasteiger partial charge in [0.1, 0.15) is 5.75 Å². The first-order valence-corrected chi connectivity index (χ1v) is 10.4. The summed E-state index contributed by atoms with van der Waals surface area (Å²) in [4.78, 5) is 13.0. The van der Waals surface area contributed by atoms with Crippen molar-refractivity contribution in [2.24, 2.45) is 0 Å². The molecule has 1 aromatic carbocycles. The second-order valence-corrected chi connectivity index (χ2v) is 9.06. The molecular formula is C17H19Cl2NO4S. The van der Waals surface area contributed by atoms with Crippen molar-refractivity contribution in [3.8, 4) is 5.75 Å². The predicted molar refractivity (Wildman–Crippen MR) is 98.7 cm³/mol. The molecule has 1 heterocycles. The largest absolute Gasteiger partial charge is 0.489 e. The fourth-order valence-corrected chi connectivity index (χ4v) is 5.52. The average Bonchev–Trinajstić information content (AvgIpc) is 2.71. The molecule has 1 aliphatic heterocycles. The van der Waals surface area contributed by atoms with Crippen molar-refractivity contribution in [2.75, 3.05) is 4.31 Å². The number of ether oxygens (including phenoxy) is 1. The summed E-state index contributed by atoms with van der Waals surface area (Å²) in [5.41, 5.74) is 0.452. The van der Waals surface area contributed by atoms with Crippen LogP contribution in [0, 0.1) is 0 Å². The van der Waals surface area contributed by atoms with Gasteiger partial charge in [0.25, 0.3) is 15.9 Å². The van der Waals surface area contributed by atoms with E-state index in [2.05, 4.69) is 0 Å². The molecule has 0 atom stereocenters. The van der Waals surface area contributed by atoms with Gasteiger partial charge in [-0.3, -0.25) is 4.79 Å². The van der Waals surface area contributed by atoms with Crippen molar-refractivity contribution in [1.29, 1.82) is 0 Å². The number of sulfonamides is 1. The van der Waals surface area contributed by atoms with Gasteiger partial charge in [-0.15, -0.1) is 0 Å². The van der Waals surface area contributed by atoms with Gasteiger partial charge in [0.15, 0.2) is 0 Å². The van der Waals surface area contributed by atoms with Crippen LogP contribution in [0.2, 0.25) is 10.0 Å². The second kappa shape index (κ2) is 6.82. The lowest BCUT2D eigenvalue weighted by molar-refractivity contribution is -0.114. The quantitative estimate of drug-likeness (QED) is 0.734. The zero-order valence-electron chi connectivity index (χ0n) is 14.0. The molecule has 0 radical (unpaired) electrons. The molecule has 0 unspecified atom stereocenters. The summed E-state index contributed by atoms with van der Waals surface area (Å²) in [7, 11) is -3.91. The molecule has 0 bridgehead atoms. The van der Waals surface area contributed by atoms with E-state index < -0.39 is 15.9 Å². The standard InChI is InChI=1S/C17H19Cl2NO4S/c1-10(2)24-15-9-12(18)14(8-13(15)19)20-17(21)11-6-4-3-5-7-16(11)25(20,22)23/h8-10H,3-7H2,1-2H3. The lowest BCUT2D eigenvalue weighted by atomic mass is 10.1. The number of halogens is 2. The smallest absolute Gasteiger partial charge is 0.269 e. The van der Waals surface area contributed by atoms with Crippen molar-refractivity contribution < 1.29 is 17.9 Å². The third-order valence-corrected chi connectivity index (χ3v) is 6.76. The highest BCUT2D eigenvalue weighted by Crippen LogP contribution is 2.44. The molecule has 1 amide bonds. The van der Waals surface area contributed by atoms with Crippen LogP contribution in [0.4, 0.5) is 5.69 Å². The Bertz CT molecular complexity index is 862. The van der Waals surface area contributed by atoms with E-state index >= 15 is 0 Å². The van der Waals surface area contributed by atoms with Gasteiger partial charge in [-0.1, -0.05) is 29.6 Å². The number of allylic oxidation sites excluding steroid dienone is 1. The van der Waals surface area contributed by atoms with Crippen molar-refractivity contribution in [3.05, 3.63) is 32.7 Å². The summed E-state index contributed by atoms with van der Waals surface area (Å²) < 4.78 is 32.2. The van der Waals surface area contributed by atoms with Crippen LogP contribution in [0.5, 0.6) is 5.75 Å². The van der Waals surface area contributed by atoms with Crippen LogP contribution in [-0.2, 0) is 14.8 Å². The van der Waals surface area contributed by atoms with Crippen LogP contribution in [-0.4, -0.2) is 20.4 Å². The number of carbonyl (C=O) groups is 1. The van der Waals surface area contributed by atoms with E-state index in [9.17, 15) is 13.2 Å².